The first-order valence-corrected chi connectivity index (χ1v) is 14.7. The number of carbonyl (C=O) groups is 2. The first kappa shape index (κ1) is 25.3. The van der Waals surface area contributed by atoms with Crippen LogP contribution in [0.5, 0.6) is 0 Å². The Morgan fingerprint density at radius 3 is 2.81 bits per heavy atom. The van der Waals surface area contributed by atoms with Crippen LogP contribution in [0.1, 0.15) is 70.9 Å². The van der Waals surface area contributed by atoms with Crippen molar-refractivity contribution in [3.8, 4) is 0 Å². The van der Waals surface area contributed by atoms with Crippen LogP contribution in [0.25, 0.3) is 10.9 Å². The fraction of sp³-hybridized carbons (Fsp3) is 0.448. The lowest BCUT2D eigenvalue weighted by atomic mass is 9.91. The summed E-state index contributed by atoms with van der Waals surface area (Å²) in [6.45, 7) is 3.10. The summed E-state index contributed by atoms with van der Waals surface area (Å²) in [5.74, 6) is 0.195. The molecule has 2 amide bonds. The zero-order valence-electron chi connectivity index (χ0n) is 20.7. The maximum atomic E-state index is 12.8. The Balaban J connectivity index is 1.19. The van der Waals surface area contributed by atoms with Crippen molar-refractivity contribution >= 4 is 45.3 Å². The van der Waals surface area contributed by atoms with Crippen LogP contribution in [0, 0.1) is 0 Å². The Morgan fingerprint density at radius 2 is 1.97 bits per heavy atom. The van der Waals surface area contributed by atoms with Crippen molar-refractivity contribution in [2.24, 2.45) is 0 Å². The van der Waals surface area contributed by atoms with Crippen LogP contribution in [-0.4, -0.2) is 47.9 Å². The zero-order chi connectivity index (χ0) is 24.9. The maximum absolute atomic E-state index is 12.8. The molecule has 1 aromatic heterocycles. The average Bonchev–Trinajstić information content (AvgIpc) is 3.49. The first-order chi connectivity index (χ1) is 17.6. The van der Waals surface area contributed by atoms with Gasteiger partial charge < -0.3 is 20.5 Å². The summed E-state index contributed by atoms with van der Waals surface area (Å²) >= 11 is 2.41. The molecule has 1 atom stereocenters. The minimum absolute atomic E-state index is 0.0428. The van der Waals surface area contributed by atoms with E-state index in [1.54, 1.807) is 0 Å². The molecule has 0 radical (unpaired) electrons. The smallest absolute Gasteiger partial charge is 0.251 e. The molecule has 1 fully saturated rings. The molecule has 3 aromatic rings. The summed E-state index contributed by atoms with van der Waals surface area (Å²) in [6, 6.07) is 15.2. The molecule has 2 aromatic carbocycles. The Hall–Kier alpha value is -2.39. The standard InChI is InChI=1S/C29H35IN4O2/c30-19-21-6-1-5-20(17-21)12-14-31-26-8-2-7-23-24-18-22(10-11-25(24)33-28(23)26)29(36)32-13-4-16-34-15-3-9-27(34)35/h1,5-6,10-11,17-18,26,31,33H,2-4,7-9,12-16,19H2,(H,32,36). The van der Waals surface area contributed by atoms with Crippen molar-refractivity contribution in [3.05, 3.63) is 70.4 Å². The van der Waals surface area contributed by atoms with Gasteiger partial charge in [-0.2, -0.15) is 0 Å². The molecule has 1 aliphatic heterocycles. The highest BCUT2D eigenvalue weighted by atomic mass is 127. The molecule has 7 heteroatoms. The van der Waals surface area contributed by atoms with E-state index in [1.165, 1.54) is 27.8 Å². The molecule has 2 heterocycles. The number of aryl methyl sites for hydroxylation is 1. The van der Waals surface area contributed by atoms with E-state index in [9.17, 15) is 9.59 Å². The van der Waals surface area contributed by atoms with Crippen LogP contribution < -0.4 is 10.6 Å². The molecule has 190 valence electrons. The van der Waals surface area contributed by atoms with E-state index < -0.39 is 0 Å². The number of fused-ring (bicyclic) bond motifs is 3. The Labute approximate surface area is 226 Å². The van der Waals surface area contributed by atoms with Crippen LogP contribution in [0.4, 0.5) is 0 Å². The van der Waals surface area contributed by atoms with Crippen molar-refractivity contribution in [1.82, 2.24) is 20.5 Å². The van der Waals surface area contributed by atoms with Crippen molar-refractivity contribution in [3.63, 3.8) is 0 Å². The van der Waals surface area contributed by atoms with Gasteiger partial charge in [-0.25, -0.2) is 0 Å². The topological polar surface area (TPSA) is 77.2 Å². The largest absolute Gasteiger partial charge is 0.357 e. The SMILES string of the molecule is O=C(NCCCN1CCCC1=O)c1ccc2[nH]c3c(c2c1)CCCC3NCCc1cccc(CI)c1. The number of H-pyrrole nitrogens is 1. The number of nitrogens with zero attached hydrogens (tertiary/aromatic N) is 1. The van der Waals surface area contributed by atoms with Crippen molar-refractivity contribution < 1.29 is 9.59 Å². The molecule has 5 rings (SSSR count). The number of hydrogen-bond acceptors (Lipinski definition) is 3. The number of amides is 2. The molecular formula is C29H35IN4O2. The summed E-state index contributed by atoms with van der Waals surface area (Å²) in [6.07, 6.45) is 6.74. The number of hydrogen-bond donors (Lipinski definition) is 3. The molecule has 36 heavy (non-hydrogen) atoms. The van der Waals surface area contributed by atoms with E-state index in [1.807, 2.05) is 23.1 Å². The van der Waals surface area contributed by atoms with Gasteiger partial charge in [-0.05, 0) is 80.0 Å². The number of benzene rings is 2. The quantitative estimate of drug-likeness (QED) is 0.174. The summed E-state index contributed by atoms with van der Waals surface area (Å²) < 4.78 is 1.04. The second-order valence-electron chi connectivity index (χ2n) is 9.97. The normalized spacial score (nSPS) is 17.5. The van der Waals surface area contributed by atoms with Gasteiger partial charge in [-0.1, -0.05) is 46.9 Å². The fourth-order valence-electron chi connectivity index (χ4n) is 5.58. The lowest BCUT2D eigenvalue weighted by Crippen LogP contribution is -2.30. The third kappa shape index (κ3) is 5.78. The van der Waals surface area contributed by atoms with Gasteiger partial charge in [-0.3, -0.25) is 9.59 Å². The van der Waals surface area contributed by atoms with Crippen LogP contribution >= 0.6 is 22.6 Å². The maximum Gasteiger partial charge on any atom is 0.251 e. The Morgan fingerprint density at radius 1 is 1.08 bits per heavy atom. The highest BCUT2D eigenvalue weighted by Gasteiger charge is 2.24. The zero-order valence-corrected chi connectivity index (χ0v) is 22.9. The number of nitrogens with one attached hydrogen (secondary N) is 3. The summed E-state index contributed by atoms with van der Waals surface area (Å²) in [5.41, 5.74) is 7.20. The second-order valence-corrected chi connectivity index (χ2v) is 10.7. The monoisotopic (exact) mass is 598 g/mol. The van der Waals surface area contributed by atoms with Crippen molar-refractivity contribution in [1.29, 1.82) is 0 Å². The van der Waals surface area contributed by atoms with Gasteiger partial charge in [0.15, 0.2) is 0 Å². The minimum Gasteiger partial charge on any atom is -0.357 e. The molecule has 0 spiro atoms. The van der Waals surface area contributed by atoms with E-state index in [2.05, 4.69) is 62.5 Å². The third-order valence-electron chi connectivity index (χ3n) is 7.48. The van der Waals surface area contributed by atoms with E-state index >= 15 is 0 Å². The van der Waals surface area contributed by atoms with Crippen LogP contribution in [-0.2, 0) is 22.1 Å². The number of alkyl halides is 1. The number of carbonyl (C=O) groups excluding carboxylic acids is 2. The van der Waals surface area contributed by atoms with E-state index in [0.29, 0.717) is 24.6 Å². The number of rotatable bonds is 10. The number of likely N-dealkylation sites (tertiary alicyclic amines) is 1. The molecule has 1 saturated heterocycles. The minimum atomic E-state index is -0.0428. The van der Waals surface area contributed by atoms with E-state index in [0.717, 1.165) is 68.1 Å². The first-order valence-electron chi connectivity index (χ1n) is 13.2. The van der Waals surface area contributed by atoms with Crippen molar-refractivity contribution in [2.75, 3.05) is 26.2 Å². The molecule has 1 aliphatic carbocycles. The van der Waals surface area contributed by atoms with Gasteiger partial charge in [0.05, 0.1) is 0 Å². The predicted octanol–water partition coefficient (Wildman–Crippen LogP) is 5.05. The molecule has 1 unspecified atom stereocenters. The highest BCUT2D eigenvalue weighted by Crippen LogP contribution is 2.35. The fourth-order valence-corrected chi connectivity index (χ4v) is 6.06. The third-order valence-corrected chi connectivity index (χ3v) is 8.36. The lowest BCUT2D eigenvalue weighted by Gasteiger charge is -2.24. The van der Waals surface area contributed by atoms with Gasteiger partial charge in [0.2, 0.25) is 5.91 Å². The average molecular weight is 599 g/mol. The number of aromatic amines is 1. The van der Waals surface area contributed by atoms with E-state index in [4.69, 9.17) is 0 Å². The number of aromatic nitrogens is 1. The summed E-state index contributed by atoms with van der Waals surface area (Å²) in [7, 11) is 0. The summed E-state index contributed by atoms with van der Waals surface area (Å²) in [4.78, 5) is 30.1. The van der Waals surface area contributed by atoms with Crippen LogP contribution in [0.3, 0.4) is 0 Å². The van der Waals surface area contributed by atoms with Gasteiger partial charge >= 0.3 is 0 Å². The molecule has 2 aliphatic rings. The lowest BCUT2D eigenvalue weighted by molar-refractivity contribution is -0.127. The molecule has 0 bridgehead atoms. The molecule has 0 saturated carbocycles. The van der Waals surface area contributed by atoms with Gasteiger partial charge in [-0.15, -0.1) is 0 Å². The Kier molecular flexibility index (Phi) is 8.26. The second kappa shape index (κ2) is 11.8. The molecule has 6 nitrogen and oxygen atoms in total. The van der Waals surface area contributed by atoms with Gasteiger partial charge in [0, 0.05) is 58.7 Å². The molecule has 3 N–H and O–H groups in total. The van der Waals surface area contributed by atoms with E-state index in [-0.39, 0.29) is 11.8 Å². The van der Waals surface area contributed by atoms with Crippen LogP contribution in [0.2, 0.25) is 0 Å². The predicted molar refractivity (Wildman–Crippen MR) is 153 cm³/mol. The van der Waals surface area contributed by atoms with Gasteiger partial charge in [0.1, 0.15) is 0 Å². The Bertz CT molecular complexity index is 1240. The van der Waals surface area contributed by atoms with Gasteiger partial charge in [0.25, 0.3) is 5.91 Å². The summed E-state index contributed by atoms with van der Waals surface area (Å²) in [5, 5.41) is 7.99. The van der Waals surface area contributed by atoms with Crippen molar-refractivity contribution in [2.45, 2.75) is 55.4 Å². The van der Waals surface area contributed by atoms with Crippen LogP contribution in [0.15, 0.2) is 42.5 Å². The molecular weight excluding hydrogens is 563 g/mol. The number of halogens is 1. The highest BCUT2D eigenvalue weighted by molar-refractivity contribution is 14.1.